The van der Waals surface area contributed by atoms with Gasteiger partial charge in [-0.05, 0) is 33.5 Å². The number of hydrogen-bond acceptors (Lipinski definition) is 4. The van der Waals surface area contributed by atoms with Gasteiger partial charge in [0, 0.05) is 29.6 Å². The second-order valence-electron chi connectivity index (χ2n) is 4.63. The van der Waals surface area contributed by atoms with E-state index in [4.69, 9.17) is 4.42 Å². The predicted molar refractivity (Wildman–Crippen MR) is 69.9 cm³/mol. The van der Waals surface area contributed by atoms with Crippen LogP contribution in [0.25, 0.3) is 11.0 Å². The van der Waals surface area contributed by atoms with Crippen molar-refractivity contribution in [3.05, 3.63) is 39.6 Å². The van der Waals surface area contributed by atoms with Crippen molar-refractivity contribution in [2.45, 2.75) is 13.3 Å². The van der Waals surface area contributed by atoms with Gasteiger partial charge in [-0.25, -0.2) is 0 Å². The lowest BCUT2D eigenvalue weighted by Crippen LogP contribution is -2.15. The fourth-order valence-electron chi connectivity index (χ4n) is 2.02. The van der Waals surface area contributed by atoms with E-state index in [0.717, 1.165) is 29.7 Å². The van der Waals surface area contributed by atoms with Gasteiger partial charge in [0.05, 0.1) is 4.92 Å². The molecule has 5 nitrogen and oxygen atoms in total. The number of hydrogen-bond donors (Lipinski definition) is 0. The maximum Gasteiger partial charge on any atom is 0.270 e. The van der Waals surface area contributed by atoms with Gasteiger partial charge in [-0.15, -0.1) is 0 Å². The van der Waals surface area contributed by atoms with E-state index < -0.39 is 0 Å². The van der Waals surface area contributed by atoms with Crippen molar-refractivity contribution < 1.29 is 9.34 Å². The first kappa shape index (κ1) is 12.6. The van der Waals surface area contributed by atoms with Crippen molar-refractivity contribution in [3.63, 3.8) is 0 Å². The van der Waals surface area contributed by atoms with E-state index in [1.165, 1.54) is 6.07 Å². The van der Waals surface area contributed by atoms with Gasteiger partial charge in [0.2, 0.25) is 0 Å². The fourth-order valence-corrected chi connectivity index (χ4v) is 2.02. The van der Waals surface area contributed by atoms with Crippen LogP contribution in [0.15, 0.2) is 22.6 Å². The summed E-state index contributed by atoms with van der Waals surface area (Å²) in [6, 6.07) is 4.73. The number of nitrogens with zero attached hydrogens (tertiary/aromatic N) is 2. The first-order valence-corrected chi connectivity index (χ1v) is 5.80. The number of likely N-dealkylation sites (N-methyl/N-ethyl adjacent to an activating group) is 1. The third-order valence-electron chi connectivity index (χ3n) is 3.00. The van der Waals surface area contributed by atoms with Crippen LogP contribution < -0.4 is 0 Å². The number of non-ortho nitro benzene ring substituents is 1. The number of nitro groups is 1. The van der Waals surface area contributed by atoms with Crippen LogP contribution in [0, 0.1) is 17.0 Å². The molecule has 0 atom stereocenters. The molecule has 0 aliphatic heterocycles. The van der Waals surface area contributed by atoms with Crippen LogP contribution in [0.2, 0.25) is 0 Å². The van der Waals surface area contributed by atoms with Crippen molar-refractivity contribution in [1.82, 2.24) is 4.90 Å². The van der Waals surface area contributed by atoms with Crippen LogP contribution in [0.3, 0.4) is 0 Å². The molecule has 2 rings (SSSR count). The fraction of sp³-hybridized carbons (Fsp3) is 0.385. The van der Waals surface area contributed by atoms with Crippen LogP contribution in [0.1, 0.15) is 11.3 Å². The number of benzene rings is 1. The van der Waals surface area contributed by atoms with Crippen molar-refractivity contribution in [1.29, 1.82) is 0 Å². The Labute approximate surface area is 105 Å². The van der Waals surface area contributed by atoms with Crippen molar-refractivity contribution in [3.8, 4) is 0 Å². The second-order valence-corrected chi connectivity index (χ2v) is 4.63. The average molecular weight is 248 g/mol. The lowest BCUT2D eigenvalue weighted by molar-refractivity contribution is -0.384. The van der Waals surface area contributed by atoms with Gasteiger partial charge in [-0.3, -0.25) is 10.1 Å². The second kappa shape index (κ2) is 4.78. The molecule has 18 heavy (non-hydrogen) atoms. The SMILES string of the molecule is Cc1oc2ccc([N+](=O)[O-])cc2c1CCN(C)C. The Kier molecular flexibility index (Phi) is 3.34. The summed E-state index contributed by atoms with van der Waals surface area (Å²) in [6.07, 6.45) is 0.826. The molecule has 96 valence electrons. The summed E-state index contributed by atoms with van der Waals surface area (Å²) in [5.74, 6) is 0.840. The Morgan fingerprint density at radius 2 is 2.11 bits per heavy atom. The summed E-state index contributed by atoms with van der Waals surface area (Å²) < 4.78 is 5.62. The van der Waals surface area contributed by atoms with Gasteiger partial charge in [-0.2, -0.15) is 0 Å². The molecule has 2 aromatic rings. The molecule has 0 fully saturated rings. The van der Waals surface area contributed by atoms with Crippen LogP contribution in [0.5, 0.6) is 0 Å². The first-order valence-electron chi connectivity index (χ1n) is 5.80. The molecule has 1 heterocycles. The van der Waals surface area contributed by atoms with E-state index in [2.05, 4.69) is 4.90 Å². The number of aryl methyl sites for hydroxylation is 1. The number of fused-ring (bicyclic) bond motifs is 1. The highest BCUT2D eigenvalue weighted by molar-refractivity contribution is 5.84. The van der Waals surface area contributed by atoms with Crippen molar-refractivity contribution in [2.75, 3.05) is 20.6 Å². The van der Waals surface area contributed by atoms with Gasteiger partial charge in [0.15, 0.2) is 0 Å². The lowest BCUT2D eigenvalue weighted by Gasteiger charge is -2.08. The summed E-state index contributed by atoms with van der Waals surface area (Å²) in [7, 11) is 4.00. The zero-order valence-corrected chi connectivity index (χ0v) is 10.8. The molecule has 0 bridgehead atoms. The van der Waals surface area contributed by atoms with Gasteiger partial charge < -0.3 is 9.32 Å². The highest BCUT2D eigenvalue weighted by atomic mass is 16.6. The van der Waals surface area contributed by atoms with E-state index in [0.29, 0.717) is 5.58 Å². The van der Waals surface area contributed by atoms with E-state index in [1.54, 1.807) is 12.1 Å². The zero-order chi connectivity index (χ0) is 13.3. The Balaban J connectivity index is 2.46. The largest absolute Gasteiger partial charge is 0.461 e. The molecule has 5 heteroatoms. The minimum Gasteiger partial charge on any atom is -0.461 e. The molecule has 0 saturated heterocycles. The molecule has 1 aromatic heterocycles. The Morgan fingerprint density at radius 1 is 1.39 bits per heavy atom. The van der Waals surface area contributed by atoms with Crippen LogP contribution in [-0.4, -0.2) is 30.5 Å². The molecule has 0 spiro atoms. The normalized spacial score (nSPS) is 11.3. The quantitative estimate of drug-likeness (QED) is 0.616. The maximum atomic E-state index is 10.8. The zero-order valence-electron chi connectivity index (χ0n) is 10.8. The maximum absolute atomic E-state index is 10.8. The van der Waals surface area contributed by atoms with Crippen molar-refractivity contribution >= 4 is 16.7 Å². The predicted octanol–water partition coefficient (Wildman–Crippen LogP) is 2.75. The topological polar surface area (TPSA) is 59.5 Å². The summed E-state index contributed by atoms with van der Waals surface area (Å²) in [6.45, 7) is 2.79. The minimum absolute atomic E-state index is 0.106. The van der Waals surface area contributed by atoms with Crippen LogP contribution >= 0.6 is 0 Å². The van der Waals surface area contributed by atoms with E-state index >= 15 is 0 Å². The molecular weight excluding hydrogens is 232 g/mol. The monoisotopic (exact) mass is 248 g/mol. The smallest absolute Gasteiger partial charge is 0.270 e. The van der Waals surface area contributed by atoms with Gasteiger partial charge in [0.25, 0.3) is 5.69 Å². The Bertz CT molecular complexity index is 587. The molecule has 1 aromatic carbocycles. The van der Waals surface area contributed by atoms with Gasteiger partial charge in [0.1, 0.15) is 11.3 Å². The highest BCUT2D eigenvalue weighted by Crippen LogP contribution is 2.29. The lowest BCUT2D eigenvalue weighted by atomic mass is 10.1. The summed E-state index contributed by atoms with van der Waals surface area (Å²) in [4.78, 5) is 12.5. The molecule has 0 unspecified atom stereocenters. The van der Waals surface area contributed by atoms with E-state index in [1.807, 2.05) is 21.0 Å². The Hall–Kier alpha value is -1.88. The Morgan fingerprint density at radius 3 is 2.72 bits per heavy atom. The number of rotatable bonds is 4. The van der Waals surface area contributed by atoms with Gasteiger partial charge >= 0.3 is 0 Å². The third kappa shape index (κ3) is 2.36. The first-order chi connectivity index (χ1) is 8.49. The molecule has 0 aliphatic rings. The molecule has 0 saturated carbocycles. The highest BCUT2D eigenvalue weighted by Gasteiger charge is 2.15. The van der Waals surface area contributed by atoms with Crippen LogP contribution in [0.4, 0.5) is 5.69 Å². The van der Waals surface area contributed by atoms with Crippen LogP contribution in [-0.2, 0) is 6.42 Å². The molecular formula is C13H16N2O3. The van der Waals surface area contributed by atoms with Crippen molar-refractivity contribution in [2.24, 2.45) is 0 Å². The standard InChI is InChI=1S/C13H16N2O3/c1-9-11(6-7-14(2)3)12-8-10(15(16)17)4-5-13(12)18-9/h4-5,8H,6-7H2,1-3H3. The van der Waals surface area contributed by atoms with Gasteiger partial charge in [-0.1, -0.05) is 0 Å². The molecule has 0 N–H and O–H groups in total. The summed E-state index contributed by atoms with van der Waals surface area (Å²) in [5, 5.41) is 11.6. The molecule has 0 radical (unpaired) electrons. The molecule has 0 amide bonds. The number of nitro benzene ring substituents is 1. The third-order valence-corrected chi connectivity index (χ3v) is 3.00. The minimum atomic E-state index is -0.377. The summed E-state index contributed by atoms with van der Waals surface area (Å²) in [5.41, 5.74) is 1.88. The molecule has 0 aliphatic carbocycles. The average Bonchev–Trinajstić information content (AvgIpc) is 2.60. The number of furan rings is 1. The van der Waals surface area contributed by atoms with E-state index in [9.17, 15) is 10.1 Å². The van der Waals surface area contributed by atoms with E-state index in [-0.39, 0.29) is 10.6 Å². The summed E-state index contributed by atoms with van der Waals surface area (Å²) >= 11 is 0.